The number of ether oxygens (including phenoxy) is 1. The summed E-state index contributed by atoms with van der Waals surface area (Å²) in [5.74, 6) is 1.04. The Bertz CT molecular complexity index is 485. The molecule has 96 valence electrons. The van der Waals surface area contributed by atoms with Gasteiger partial charge in [0.1, 0.15) is 5.75 Å². The first-order valence-corrected chi connectivity index (χ1v) is 6.75. The van der Waals surface area contributed by atoms with Crippen molar-refractivity contribution in [2.45, 2.75) is 44.4 Å². The lowest BCUT2D eigenvalue weighted by atomic mass is 9.65. The van der Waals surface area contributed by atoms with Gasteiger partial charge in [0.05, 0.1) is 12.2 Å². The minimum Gasteiger partial charge on any atom is -0.494 e. The molecule has 1 aromatic rings. The molecule has 2 bridgehead atoms. The Kier molecular flexibility index (Phi) is 2.77. The first-order valence-electron chi connectivity index (χ1n) is 6.75. The predicted molar refractivity (Wildman–Crippen MR) is 68.5 cm³/mol. The lowest BCUT2D eigenvalue weighted by Crippen LogP contribution is -2.25. The zero-order valence-electron chi connectivity index (χ0n) is 10.6. The van der Waals surface area contributed by atoms with E-state index in [1.807, 2.05) is 13.0 Å². The van der Waals surface area contributed by atoms with E-state index in [0.717, 1.165) is 24.2 Å². The van der Waals surface area contributed by atoms with Gasteiger partial charge in [0.2, 0.25) is 0 Å². The number of fused-ring (bicyclic) bond motifs is 2. The lowest BCUT2D eigenvalue weighted by molar-refractivity contribution is 0.0693. The van der Waals surface area contributed by atoms with Gasteiger partial charge in [-0.1, -0.05) is 0 Å². The second-order valence-corrected chi connectivity index (χ2v) is 5.23. The van der Waals surface area contributed by atoms with Crippen LogP contribution in [0.3, 0.4) is 0 Å². The fraction of sp³-hybridized carbons (Fsp3) is 0.533. The van der Waals surface area contributed by atoms with Gasteiger partial charge in [-0.15, -0.1) is 0 Å². The molecule has 4 rings (SSSR count). The summed E-state index contributed by atoms with van der Waals surface area (Å²) >= 11 is 0. The molecular formula is C15H18O3. The molecule has 0 aliphatic heterocycles. The number of hydrogen-bond acceptors (Lipinski definition) is 2. The van der Waals surface area contributed by atoms with E-state index in [-0.39, 0.29) is 0 Å². The van der Waals surface area contributed by atoms with Crippen molar-refractivity contribution in [2.24, 2.45) is 0 Å². The van der Waals surface area contributed by atoms with Crippen molar-refractivity contribution >= 4 is 5.97 Å². The molecule has 0 aromatic heterocycles. The molecule has 0 radical (unpaired) electrons. The zero-order chi connectivity index (χ0) is 12.7. The summed E-state index contributed by atoms with van der Waals surface area (Å²) in [6.07, 6.45) is 4.63. The summed E-state index contributed by atoms with van der Waals surface area (Å²) in [5.41, 5.74) is 2.75. The Morgan fingerprint density at radius 3 is 2.39 bits per heavy atom. The van der Waals surface area contributed by atoms with Gasteiger partial charge in [-0.3, -0.25) is 0 Å². The Balaban J connectivity index is 2.19. The van der Waals surface area contributed by atoms with E-state index in [0.29, 0.717) is 24.0 Å². The Morgan fingerprint density at radius 2 is 1.83 bits per heavy atom. The highest BCUT2D eigenvalue weighted by Gasteiger charge is 2.37. The van der Waals surface area contributed by atoms with E-state index in [1.54, 1.807) is 6.07 Å². The van der Waals surface area contributed by atoms with Crippen LogP contribution >= 0.6 is 0 Å². The zero-order valence-corrected chi connectivity index (χ0v) is 10.6. The third kappa shape index (κ3) is 1.61. The van der Waals surface area contributed by atoms with Crippen LogP contribution in [0, 0.1) is 0 Å². The summed E-state index contributed by atoms with van der Waals surface area (Å²) < 4.78 is 5.70. The molecule has 0 amide bonds. The molecule has 1 fully saturated rings. The van der Waals surface area contributed by atoms with Gasteiger partial charge in [-0.25, -0.2) is 4.79 Å². The highest BCUT2D eigenvalue weighted by Crippen LogP contribution is 2.53. The van der Waals surface area contributed by atoms with Crippen molar-refractivity contribution in [1.29, 1.82) is 0 Å². The molecule has 0 atom stereocenters. The van der Waals surface area contributed by atoms with E-state index >= 15 is 0 Å². The second kappa shape index (κ2) is 4.30. The van der Waals surface area contributed by atoms with E-state index < -0.39 is 5.97 Å². The topological polar surface area (TPSA) is 46.5 Å². The highest BCUT2D eigenvalue weighted by atomic mass is 16.5. The quantitative estimate of drug-likeness (QED) is 0.887. The SMILES string of the molecule is CCOc1ccc(C(=O)O)c2c1C1CCC2CC1. The van der Waals surface area contributed by atoms with Crippen molar-refractivity contribution in [3.63, 3.8) is 0 Å². The number of carboxylic acids is 1. The van der Waals surface area contributed by atoms with E-state index in [4.69, 9.17) is 4.74 Å². The maximum Gasteiger partial charge on any atom is 0.335 e. The van der Waals surface area contributed by atoms with Crippen molar-refractivity contribution in [2.75, 3.05) is 6.61 Å². The van der Waals surface area contributed by atoms with Crippen molar-refractivity contribution in [1.82, 2.24) is 0 Å². The van der Waals surface area contributed by atoms with Crippen molar-refractivity contribution in [3.8, 4) is 5.75 Å². The summed E-state index contributed by atoms with van der Waals surface area (Å²) in [4.78, 5) is 11.4. The maximum atomic E-state index is 11.4. The molecule has 3 aliphatic carbocycles. The molecule has 0 heterocycles. The minimum atomic E-state index is -0.804. The van der Waals surface area contributed by atoms with E-state index in [1.165, 1.54) is 18.4 Å². The van der Waals surface area contributed by atoms with Gasteiger partial charge < -0.3 is 9.84 Å². The Hall–Kier alpha value is -1.51. The first kappa shape index (κ1) is 11.6. The van der Waals surface area contributed by atoms with Crippen LogP contribution in [0.5, 0.6) is 5.75 Å². The molecule has 0 unspecified atom stereocenters. The smallest absolute Gasteiger partial charge is 0.335 e. The number of carbonyl (C=O) groups is 1. The lowest BCUT2D eigenvalue weighted by Gasteiger charge is -2.39. The maximum absolute atomic E-state index is 11.4. The molecule has 18 heavy (non-hydrogen) atoms. The van der Waals surface area contributed by atoms with Gasteiger partial charge >= 0.3 is 5.97 Å². The van der Waals surface area contributed by atoms with Gasteiger partial charge in [-0.05, 0) is 62.1 Å². The number of aromatic carboxylic acids is 1. The molecule has 3 aliphatic rings. The third-order valence-electron chi connectivity index (χ3n) is 4.32. The van der Waals surface area contributed by atoms with Crippen LogP contribution in [0.25, 0.3) is 0 Å². The Morgan fingerprint density at radius 1 is 1.22 bits per heavy atom. The molecule has 1 aromatic carbocycles. The number of carboxylic acid groups (broad SMARTS) is 1. The largest absolute Gasteiger partial charge is 0.494 e. The average molecular weight is 246 g/mol. The summed E-state index contributed by atoms with van der Waals surface area (Å²) in [6.45, 7) is 2.61. The first-order chi connectivity index (χ1) is 8.72. The van der Waals surface area contributed by atoms with E-state index in [2.05, 4.69) is 0 Å². The average Bonchev–Trinajstić information content (AvgIpc) is 2.40. The monoisotopic (exact) mass is 246 g/mol. The van der Waals surface area contributed by atoms with Crippen LogP contribution in [0.4, 0.5) is 0 Å². The summed E-state index contributed by atoms with van der Waals surface area (Å²) in [7, 11) is 0. The molecular weight excluding hydrogens is 228 g/mol. The van der Waals surface area contributed by atoms with Crippen LogP contribution in [0.15, 0.2) is 12.1 Å². The standard InChI is InChI=1S/C15H18O3/c1-2-18-12-8-7-11(15(16)17)13-9-3-5-10(6-4-9)14(12)13/h7-10H,2-6H2,1H3,(H,16,17). The number of hydrogen-bond donors (Lipinski definition) is 1. The fourth-order valence-electron chi connectivity index (χ4n) is 3.62. The minimum absolute atomic E-state index is 0.427. The number of rotatable bonds is 3. The molecule has 0 saturated heterocycles. The van der Waals surface area contributed by atoms with Gasteiger partial charge in [0, 0.05) is 5.56 Å². The van der Waals surface area contributed by atoms with E-state index in [9.17, 15) is 9.90 Å². The highest BCUT2D eigenvalue weighted by molar-refractivity contribution is 5.91. The summed E-state index contributed by atoms with van der Waals surface area (Å²) in [6, 6.07) is 3.55. The second-order valence-electron chi connectivity index (χ2n) is 5.23. The normalized spacial score (nSPS) is 24.7. The Labute approximate surface area is 107 Å². The van der Waals surface area contributed by atoms with Crippen LogP contribution in [0.1, 0.15) is 65.9 Å². The van der Waals surface area contributed by atoms with Crippen LogP contribution in [-0.4, -0.2) is 17.7 Å². The number of benzene rings is 1. The predicted octanol–water partition coefficient (Wildman–Crippen LogP) is 3.54. The summed E-state index contributed by atoms with van der Waals surface area (Å²) in [5, 5.41) is 9.35. The van der Waals surface area contributed by atoms with Gasteiger partial charge in [0.15, 0.2) is 0 Å². The van der Waals surface area contributed by atoms with Crippen molar-refractivity contribution < 1.29 is 14.6 Å². The molecule has 1 N–H and O–H groups in total. The van der Waals surface area contributed by atoms with Crippen molar-refractivity contribution in [3.05, 3.63) is 28.8 Å². The molecule has 3 nitrogen and oxygen atoms in total. The van der Waals surface area contributed by atoms with Gasteiger partial charge in [-0.2, -0.15) is 0 Å². The van der Waals surface area contributed by atoms with Crippen LogP contribution in [0.2, 0.25) is 0 Å². The molecule has 1 saturated carbocycles. The van der Waals surface area contributed by atoms with Crippen LogP contribution in [-0.2, 0) is 0 Å². The molecule has 3 heteroatoms. The third-order valence-corrected chi connectivity index (χ3v) is 4.32. The van der Waals surface area contributed by atoms with Gasteiger partial charge in [0.25, 0.3) is 0 Å². The van der Waals surface area contributed by atoms with Crippen LogP contribution < -0.4 is 4.74 Å². The fourth-order valence-corrected chi connectivity index (χ4v) is 3.62. The molecule has 0 spiro atoms.